The first-order valence-electron chi connectivity index (χ1n) is 3.28. The molecule has 6 heteroatoms. The maximum absolute atomic E-state index is 10.4. The molecule has 1 rings (SSSR count). The standard InChI is InChI=1S/C7H5Cl2NO3/c8-7(9)4-2-1-3-5(6(4)11)10(12)13/h1-3,7,11H. The van der Waals surface area contributed by atoms with Gasteiger partial charge >= 0.3 is 5.69 Å². The van der Waals surface area contributed by atoms with E-state index in [1.54, 1.807) is 0 Å². The molecule has 1 N–H and O–H groups in total. The topological polar surface area (TPSA) is 63.4 Å². The summed E-state index contributed by atoms with van der Waals surface area (Å²) in [6, 6.07) is 4.01. The zero-order valence-corrected chi connectivity index (χ0v) is 7.79. The number of phenols is 1. The minimum absolute atomic E-state index is 0.137. The fraction of sp³-hybridized carbons (Fsp3) is 0.143. The maximum atomic E-state index is 10.4. The van der Waals surface area contributed by atoms with Crippen molar-refractivity contribution in [2.24, 2.45) is 0 Å². The second-order valence-electron chi connectivity index (χ2n) is 2.27. The van der Waals surface area contributed by atoms with Gasteiger partial charge in [0.2, 0.25) is 0 Å². The third-order valence-electron chi connectivity index (χ3n) is 1.48. The normalized spacial score (nSPS) is 10.4. The molecule has 0 unspecified atom stereocenters. The largest absolute Gasteiger partial charge is 0.502 e. The number of hydrogen-bond donors (Lipinski definition) is 1. The van der Waals surface area contributed by atoms with Gasteiger partial charge in [-0.05, 0) is 0 Å². The van der Waals surface area contributed by atoms with Crippen molar-refractivity contribution in [3.63, 3.8) is 0 Å². The van der Waals surface area contributed by atoms with Crippen LogP contribution in [0, 0.1) is 10.1 Å². The Balaban J connectivity index is 3.26. The van der Waals surface area contributed by atoms with Gasteiger partial charge in [0, 0.05) is 11.6 Å². The lowest BCUT2D eigenvalue weighted by Crippen LogP contribution is -1.91. The SMILES string of the molecule is O=[N+]([O-])c1cccc(C(Cl)Cl)c1O. The number of aromatic hydroxyl groups is 1. The predicted molar refractivity (Wildman–Crippen MR) is 49.2 cm³/mol. The predicted octanol–water partition coefficient (Wildman–Crippen LogP) is 2.78. The van der Waals surface area contributed by atoms with E-state index in [2.05, 4.69) is 0 Å². The third kappa shape index (κ3) is 2.02. The molecule has 0 heterocycles. The molecule has 0 spiro atoms. The van der Waals surface area contributed by atoms with E-state index in [4.69, 9.17) is 23.2 Å². The van der Waals surface area contributed by atoms with Crippen LogP contribution in [0.2, 0.25) is 0 Å². The summed E-state index contributed by atoms with van der Waals surface area (Å²) < 4.78 is 0. The molecule has 0 saturated carbocycles. The smallest absolute Gasteiger partial charge is 0.311 e. The number of hydrogen-bond acceptors (Lipinski definition) is 3. The molecule has 4 nitrogen and oxygen atoms in total. The first-order valence-corrected chi connectivity index (χ1v) is 4.15. The van der Waals surface area contributed by atoms with Crippen molar-refractivity contribution in [1.29, 1.82) is 0 Å². The Hall–Kier alpha value is -1.00. The second kappa shape index (κ2) is 3.81. The average Bonchev–Trinajstić information content (AvgIpc) is 2.03. The molecule has 0 amide bonds. The van der Waals surface area contributed by atoms with Gasteiger partial charge in [-0.25, -0.2) is 0 Å². The summed E-state index contributed by atoms with van der Waals surface area (Å²) in [5.74, 6) is -0.484. The zero-order chi connectivity index (χ0) is 10.0. The molecule has 13 heavy (non-hydrogen) atoms. The molecule has 0 bridgehead atoms. The van der Waals surface area contributed by atoms with E-state index >= 15 is 0 Å². The van der Waals surface area contributed by atoms with E-state index < -0.39 is 21.2 Å². The Labute approximate surface area is 83.9 Å². The van der Waals surface area contributed by atoms with Crippen LogP contribution >= 0.6 is 23.2 Å². The van der Waals surface area contributed by atoms with E-state index in [1.165, 1.54) is 18.2 Å². The number of phenolic OH excluding ortho intramolecular Hbond substituents is 1. The van der Waals surface area contributed by atoms with Crippen LogP contribution in [0.4, 0.5) is 5.69 Å². The summed E-state index contributed by atoms with van der Waals surface area (Å²) in [4.78, 5) is 8.68. The van der Waals surface area contributed by atoms with Crippen molar-refractivity contribution in [3.8, 4) is 5.75 Å². The van der Waals surface area contributed by atoms with Crippen molar-refractivity contribution in [1.82, 2.24) is 0 Å². The lowest BCUT2D eigenvalue weighted by molar-refractivity contribution is -0.385. The van der Waals surface area contributed by atoms with Gasteiger partial charge in [0.15, 0.2) is 5.75 Å². The molecule has 0 aromatic heterocycles. The molecule has 0 aliphatic heterocycles. The Morgan fingerprint density at radius 1 is 1.46 bits per heavy atom. The first kappa shape index (κ1) is 10.1. The number of nitro benzene ring substituents is 1. The average molecular weight is 222 g/mol. The monoisotopic (exact) mass is 221 g/mol. The summed E-state index contributed by atoms with van der Waals surface area (Å²) in [5.41, 5.74) is -0.263. The van der Waals surface area contributed by atoms with Crippen LogP contribution in [0.1, 0.15) is 10.4 Å². The Kier molecular flexibility index (Phi) is 2.95. The molecule has 0 atom stereocenters. The van der Waals surface area contributed by atoms with E-state index in [0.717, 1.165) is 0 Å². The number of nitrogens with zero attached hydrogens (tertiary/aromatic N) is 1. The van der Waals surface area contributed by atoms with Gasteiger partial charge in [-0.3, -0.25) is 10.1 Å². The Morgan fingerprint density at radius 2 is 2.08 bits per heavy atom. The summed E-state index contributed by atoms with van der Waals surface area (Å²) >= 11 is 10.9. The number of para-hydroxylation sites is 1. The molecular weight excluding hydrogens is 217 g/mol. The molecular formula is C7H5Cl2NO3. The molecule has 0 aliphatic carbocycles. The van der Waals surface area contributed by atoms with Crippen molar-refractivity contribution in [3.05, 3.63) is 33.9 Å². The number of halogens is 2. The molecule has 1 aromatic carbocycles. The van der Waals surface area contributed by atoms with Gasteiger partial charge in [0.1, 0.15) is 4.84 Å². The summed E-state index contributed by atoms with van der Waals surface area (Å²) in [6.07, 6.45) is 0. The van der Waals surface area contributed by atoms with Crippen LogP contribution in [0.15, 0.2) is 18.2 Å². The van der Waals surface area contributed by atoms with E-state index in [-0.39, 0.29) is 5.56 Å². The van der Waals surface area contributed by atoms with Crippen LogP contribution in [0.25, 0.3) is 0 Å². The highest BCUT2D eigenvalue weighted by molar-refractivity contribution is 6.44. The van der Waals surface area contributed by atoms with Gasteiger partial charge in [-0.15, -0.1) is 0 Å². The first-order chi connectivity index (χ1) is 6.04. The van der Waals surface area contributed by atoms with Gasteiger partial charge in [0.25, 0.3) is 0 Å². The van der Waals surface area contributed by atoms with E-state index in [0.29, 0.717) is 0 Å². The van der Waals surface area contributed by atoms with E-state index in [9.17, 15) is 15.2 Å². The number of alkyl halides is 2. The lowest BCUT2D eigenvalue weighted by Gasteiger charge is -2.03. The van der Waals surface area contributed by atoms with Crippen molar-refractivity contribution in [2.75, 3.05) is 0 Å². The number of rotatable bonds is 2. The van der Waals surface area contributed by atoms with Crippen molar-refractivity contribution >= 4 is 28.9 Å². The van der Waals surface area contributed by atoms with Crippen LogP contribution in [-0.2, 0) is 0 Å². The summed E-state index contributed by atoms with van der Waals surface area (Å²) in [5, 5.41) is 19.7. The Morgan fingerprint density at radius 3 is 2.54 bits per heavy atom. The fourth-order valence-corrected chi connectivity index (χ4v) is 1.22. The summed E-state index contributed by atoms with van der Waals surface area (Å²) in [7, 11) is 0. The number of nitro groups is 1. The van der Waals surface area contributed by atoms with Crippen molar-refractivity contribution < 1.29 is 10.0 Å². The quantitative estimate of drug-likeness (QED) is 0.475. The number of benzene rings is 1. The highest BCUT2D eigenvalue weighted by atomic mass is 35.5. The molecule has 70 valence electrons. The molecule has 0 saturated heterocycles. The van der Waals surface area contributed by atoms with Crippen LogP contribution in [0.5, 0.6) is 5.75 Å². The fourth-order valence-electron chi connectivity index (χ4n) is 0.872. The summed E-state index contributed by atoms with van der Waals surface area (Å²) in [6.45, 7) is 0. The molecule has 1 aromatic rings. The zero-order valence-electron chi connectivity index (χ0n) is 6.28. The molecule has 0 aliphatic rings. The molecule has 0 radical (unpaired) electrons. The van der Waals surface area contributed by atoms with Crippen LogP contribution < -0.4 is 0 Å². The highest BCUT2D eigenvalue weighted by Crippen LogP contribution is 2.37. The van der Waals surface area contributed by atoms with E-state index in [1.807, 2.05) is 0 Å². The Bertz CT molecular complexity index is 341. The third-order valence-corrected chi connectivity index (χ3v) is 1.95. The maximum Gasteiger partial charge on any atom is 0.311 e. The second-order valence-corrected chi connectivity index (χ2v) is 3.37. The highest BCUT2D eigenvalue weighted by Gasteiger charge is 2.19. The minimum atomic E-state index is -0.972. The minimum Gasteiger partial charge on any atom is -0.502 e. The van der Waals surface area contributed by atoms with Gasteiger partial charge in [-0.1, -0.05) is 35.3 Å². The van der Waals surface area contributed by atoms with Gasteiger partial charge < -0.3 is 5.11 Å². The van der Waals surface area contributed by atoms with Gasteiger partial charge in [-0.2, -0.15) is 0 Å². The van der Waals surface area contributed by atoms with Crippen molar-refractivity contribution in [2.45, 2.75) is 4.84 Å². The lowest BCUT2D eigenvalue weighted by atomic mass is 10.2. The van der Waals surface area contributed by atoms with Crippen LogP contribution in [-0.4, -0.2) is 10.0 Å². The van der Waals surface area contributed by atoms with Crippen LogP contribution in [0.3, 0.4) is 0 Å². The van der Waals surface area contributed by atoms with Gasteiger partial charge in [0.05, 0.1) is 4.92 Å². The molecule has 0 fully saturated rings.